The van der Waals surface area contributed by atoms with Gasteiger partial charge in [-0.3, -0.25) is 9.78 Å². The number of hydrogen-bond donors (Lipinski definition) is 2. The normalized spacial score (nSPS) is 17.1. The summed E-state index contributed by atoms with van der Waals surface area (Å²) in [5.41, 5.74) is 3.62. The van der Waals surface area contributed by atoms with Gasteiger partial charge in [0, 0.05) is 34.0 Å². The second kappa shape index (κ2) is 10.9. The average molecular weight is 575 g/mol. The van der Waals surface area contributed by atoms with Gasteiger partial charge in [0.1, 0.15) is 23.3 Å². The number of rotatable bonds is 6. The number of methoxy groups -OCH3 is 1. The van der Waals surface area contributed by atoms with Crippen LogP contribution in [-0.4, -0.2) is 23.1 Å². The summed E-state index contributed by atoms with van der Waals surface area (Å²) in [5, 5.41) is 7.57. The maximum atomic E-state index is 12.7. The van der Waals surface area contributed by atoms with E-state index in [0.29, 0.717) is 33.1 Å². The number of thiocarbonyl (C=S) groups is 1. The minimum absolute atomic E-state index is 0.107. The van der Waals surface area contributed by atoms with Crippen LogP contribution in [0, 0.1) is 12.3 Å². The lowest BCUT2D eigenvalue weighted by Gasteiger charge is -2.27. The number of aromatic nitrogens is 1. The number of nitrogens with one attached hydrogen (secondary N) is 2. The van der Waals surface area contributed by atoms with Gasteiger partial charge in [-0.05, 0) is 73.2 Å². The van der Waals surface area contributed by atoms with Gasteiger partial charge in [-0.2, -0.15) is 0 Å². The fraction of sp³-hybridized carbons (Fsp3) is 0.258. The molecule has 2 aromatic heterocycles. The Balaban J connectivity index is 1.57. The summed E-state index contributed by atoms with van der Waals surface area (Å²) in [6.45, 7) is 7.61. The van der Waals surface area contributed by atoms with E-state index in [-0.39, 0.29) is 18.0 Å². The maximum absolute atomic E-state index is 12.7. The average Bonchev–Trinajstić information content (AvgIpc) is 3.55. The molecular weight excluding hydrogens is 544 g/mol. The predicted molar refractivity (Wildman–Crippen MR) is 163 cm³/mol. The Bertz CT molecular complexity index is 1560. The van der Waals surface area contributed by atoms with Crippen molar-refractivity contribution in [2.45, 2.75) is 39.8 Å². The predicted octanol–water partition coefficient (Wildman–Crippen LogP) is 7.47. The van der Waals surface area contributed by atoms with Crippen LogP contribution >= 0.6 is 23.8 Å². The van der Waals surface area contributed by atoms with Gasteiger partial charge in [0.15, 0.2) is 5.11 Å². The van der Waals surface area contributed by atoms with Crippen molar-refractivity contribution in [1.29, 1.82) is 0 Å². The standard InChI is InChI=1S/C31H31ClN4O3S/c1-18-9-10-19(32)16-21(18)24-13-14-25(39-24)28-27(23-8-6-7-15-33-23)35-30(40)36(28)20-11-12-22(26(17-20)38-5)34-29(37)31(2,3)4/h6-17,27-28H,1-5H3,(H,34,37)(H,35,40)/t27-,28-/m0/s1. The SMILES string of the molecule is COc1cc(N2C(=S)N[C@@H](c3ccccn3)[C@@H]2c2ccc(-c3cc(Cl)ccc3C)o2)ccc1NC(=O)C(C)(C)C. The number of pyridine rings is 1. The molecule has 0 bridgehead atoms. The lowest BCUT2D eigenvalue weighted by Crippen LogP contribution is -2.30. The van der Waals surface area contributed by atoms with E-state index in [1.54, 1.807) is 13.3 Å². The van der Waals surface area contributed by atoms with Crippen LogP contribution in [0.15, 0.2) is 77.3 Å². The van der Waals surface area contributed by atoms with Gasteiger partial charge in [-0.15, -0.1) is 0 Å². The molecule has 0 unspecified atom stereocenters. The van der Waals surface area contributed by atoms with E-state index in [2.05, 4.69) is 15.6 Å². The highest BCUT2D eigenvalue weighted by Crippen LogP contribution is 2.44. The first kappa shape index (κ1) is 27.7. The summed E-state index contributed by atoms with van der Waals surface area (Å²) in [7, 11) is 1.58. The maximum Gasteiger partial charge on any atom is 0.229 e. The third kappa shape index (κ3) is 5.42. The van der Waals surface area contributed by atoms with Crippen molar-refractivity contribution >= 4 is 46.2 Å². The molecule has 1 saturated heterocycles. The van der Waals surface area contributed by atoms with Crippen molar-refractivity contribution in [3.05, 3.63) is 95.0 Å². The minimum atomic E-state index is -0.552. The molecule has 2 N–H and O–H groups in total. The molecule has 1 fully saturated rings. The molecule has 0 saturated carbocycles. The second-order valence-corrected chi connectivity index (χ2v) is 11.6. The van der Waals surface area contributed by atoms with E-state index < -0.39 is 5.41 Å². The van der Waals surface area contributed by atoms with E-state index in [0.717, 1.165) is 22.5 Å². The number of nitrogens with zero attached hydrogens (tertiary/aromatic N) is 2. The number of hydrogen-bond acceptors (Lipinski definition) is 5. The van der Waals surface area contributed by atoms with Gasteiger partial charge in [-0.25, -0.2) is 0 Å². The van der Waals surface area contributed by atoms with Crippen LogP contribution in [0.2, 0.25) is 5.02 Å². The van der Waals surface area contributed by atoms with Crippen molar-refractivity contribution in [3.63, 3.8) is 0 Å². The Labute approximate surface area is 244 Å². The number of aryl methyl sites for hydroxylation is 1. The molecule has 2 atom stereocenters. The van der Waals surface area contributed by atoms with Crippen LogP contribution in [0.4, 0.5) is 11.4 Å². The molecule has 2 aromatic carbocycles. The zero-order valence-electron chi connectivity index (χ0n) is 23.0. The summed E-state index contributed by atoms with van der Waals surface area (Å²) in [4.78, 5) is 19.3. The zero-order chi connectivity index (χ0) is 28.6. The lowest BCUT2D eigenvalue weighted by molar-refractivity contribution is -0.123. The van der Waals surface area contributed by atoms with E-state index in [4.69, 9.17) is 33.0 Å². The summed E-state index contributed by atoms with van der Waals surface area (Å²) in [6.07, 6.45) is 1.76. The molecule has 5 rings (SSSR count). The molecule has 1 amide bonds. The molecule has 206 valence electrons. The van der Waals surface area contributed by atoms with Crippen LogP contribution < -0.4 is 20.3 Å². The minimum Gasteiger partial charge on any atom is -0.494 e. The highest BCUT2D eigenvalue weighted by molar-refractivity contribution is 7.80. The molecule has 9 heteroatoms. The number of benzene rings is 2. The smallest absolute Gasteiger partial charge is 0.229 e. The third-order valence-electron chi connectivity index (χ3n) is 6.87. The molecule has 4 aromatic rings. The third-order valence-corrected chi connectivity index (χ3v) is 7.42. The number of furan rings is 1. The van der Waals surface area contributed by atoms with Gasteiger partial charge in [0.2, 0.25) is 5.91 Å². The second-order valence-electron chi connectivity index (χ2n) is 10.7. The zero-order valence-corrected chi connectivity index (χ0v) is 24.6. The van der Waals surface area contributed by atoms with Crippen molar-refractivity contribution < 1.29 is 13.9 Å². The van der Waals surface area contributed by atoms with Gasteiger partial charge < -0.3 is 24.7 Å². The number of ether oxygens (including phenoxy) is 1. The van der Waals surface area contributed by atoms with E-state index in [1.165, 1.54) is 0 Å². The van der Waals surface area contributed by atoms with Crippen LogP contribution in [-0.2, 0) is 4.79 Å². The highest BCUT2D eigenvalue weighted by Gasteiger charge is 2.43. The molecule has 0 radical (unpaired) electrons. The van der Waals surface area contributed by atoms with Crippen LogP contribution in [0.1, 0.15) is 49.9 Å². The van der Waals surface area contributed by atoms with Crippen LogP contribution in [0.25, 0.3) is 11.3 Å². The van der Waals surface area contributed by atoms with Crippen molar-refractivity contribution in [3.8, 4) is 17.1 Å². The van der Waals surface area contributed by atoms with Crippen molar-refractivity contribution in [2.75, 3.05) is 17.3 Å². The number of anilines is 2. The van der Waals surface area contributed by atoms with Gasteiger partial charge in [0.25, 0.3) is 0 Å². The van der Waals surface area contributed by atoms with Crippen LogP contribution in [0.3, 0.4) is 0 Å². The molecule has 40 heavy (non-hydrogen) atoms. The molecule has 1 aliphatic rings. The summed E-state index contributed by atoms with van der Waals surface area (Å²) < 4.78 is 12.2. The van der Waals surface area contributed by atoms with Crippen molar-refractivity contribution in [2.24, 2.45) is 5.41 Å². The highest BCUT2D eigenvalue weighted by atomic mass is 35.5. The molecule has 1 aliphatic heterocycles. The number of carbonyl (C=O) groups excluding carboxylic acids is 1. The first-order valence-corrected chi connectivity index (χ1v) is 13.7. The Morgan fingerprint density at radius 2 is 1.93 bits per heavy atom. The molecule has 3 heterocycles. The summed E-state index contributed by atoms with van der Waals surface area (Å²) in [5.74, 6) is 1.84. The van der Waals surface area contributed by atoms with E-state index >= 15 is 0 Å². The number of carbonyl (C=O) groups is 1. The summed E-state index contributed by atoms with van der Waals surface area (Å²) in [6, 6.07) is 20.4. The molecule has 7 nitrogen and oxygen atoms in total. The van der Waals surface area contributed by atoms with E-state index in [9.17, 15) is 4.79 Å². The number of halogens is 1. The first-order valence-electron chi connectivity index (χ1n) is 12.9. The fourth-order valence-corrected chi connectivity index (χ4v) is 5.20. The quantitative estimate of drug-likeness (QED) is 0.231. The number of amides is 1. The Morgan fingerprint density at radius 3 is 2.62 bits per heavy atom. The van der Waals surface area contributed by atoms with Gasteiger partial charge >= 0.3 is 0 Å². The Morgan fingerprint density at radius 1 is 1.12 bits per heavy atom. The Hall–Kier alpha value is -3.88. The summed E-state index contributed by atoms with van der Waals surface area (Å²) >= 11 is 12.2. The lowest BCUT2D eigenvalue weighted by atomic mass is 9.95. The monoisotopic (exact) mass is 574 g/mol. The topological polar surface area (TPSA) is 79.6 Å². The van der Waals surface area contributed by atoms with Crippen molar-refractivity contribution in [1.82, 2.24) is 10.3 Å². The molecule has 0 aliphatic carbocycles. The molecular formula is C31H31ClN4O3S. The van der Waals surface area contributed by atoms with Gasteiger partial charge in [-0.1, -0.05) is 44.5 Å². The molecule has 0 spiro atoms. The first-order chi connectivity index (χ1) is 19.1. The fourth-order valence-electron chi connectivity index (χ4n) is 4.68. The van der Waals surface area contributed by atoms with Gasteiger partial charge in [0.05, 0.1) is 24.5 Å². The van der Waals surface area contributed by atoms with Crippen LogP contribution in [0.5, 0.6) is 5.75 Å². The Kier molecular flexibility index (Phi) is 7.57. The van der Waals surface area contributed by atoms with E-state index in [1.807, 2.05) is 99.3 Å². The largest absolute Gasteiger partial charge is 0.494 e.